The maximum Gasteiger partial charge on any atom is 0.0717 e. The van der Waals surface area contributed by atoms with Gasteiger partial charge in [0.25, 0.3) is 0 Å². The summed E-state index contributed by atoms with van der Waals surface area (Å²) in [6, 6.07) is 10.4. The molecule has 1 heteroatoms. The van der Waals surface area contributed by atoms with E-state index >= 15 is 0 Å². The summed E-state index contributed by atoms with van der Waals surface area (Å²) in [6.07, 6.45) is 8.69. The van der Waals surface area contributed by atoms with E-state index < -0.39 is 0 Å². The van der Waals surface area contributed by atoms with Gasteiger partial charge in [0, 0.05) is 6.61 Å². The Labute approximate surface area is 124 Å². The van der Waals surface area contributed by atoms with Crippen molar-refractivity contribution in [3.05, 3.63) is 48.0 Å². The fourth-order valence-corrected chi connectivity index (χ4v) is 3.15. The summed E-state index contributed by atoms with van der Waals surface area (Å²) in [7, 11) is 0. The van der Waals surface area contributed by atoms with Crippen molar-refractivity contribution in [2.45, 2.75) is 46.6 Å². The zero-order chi connectivity index (χ0) is 14.4. The number of allylic oxidation sites excluding steroid dienone is 2. The number of rotatable bonds is 6. The van der Waals surface area contributed by atoms with Crippen LogP contribution in [0.3, 0.4) is 0 Å². The number of hydrogen-bond acceptors (Lipinski definition) is 1. The third-order valence-corrected chi connectivity index (χ3v) is 4.97. The molecule has 0 heterocycles. The van der Waals surface area contributed by atoms with Crippen LogP contribution in [0.1, 0.15) is 45.6 Å². The molecule has 0 unspecified atom stereocenters. The summed E-state index contributed by atoms with van der Waals surface area (Å²) < 4.78 is 5.91. The molecular weight excluding hydrogens is 244 g/mol. The van der Waals surface area contributed by atoms with Gasteiger partial charge in [-0.3, -0.25) is 0 Å². The molecule has 0 radical (unpaired) electrons. The predicted molar refractivity (Wildman–Crippen MR) is 85.5 cm³/mol. The van der Waals surface area contributed by atoms with E-state index in [-0.39, 0.29) is 0 Å². The van der Waals surface area contributed by atoms with E-state index in [0.717, 1.165) is 13.2 Å². The Kier molecular flexibility index (Phi) is 5.42. The van der Waals surface area contributed by atoms with Gasteiger partial charge < -0.3 is 4.74 Å². The van der Waals surface area contributed by atoms with Crippen molar-refractivity contribution < 1.29 is 4.74 Å². The van der Waals surface area contributed by atoms with Gasteiger partial charge in [-0.05, 0) is 42.1 Å². The van der Waals surface area contributed by atoms with Gasteiger partial charge in [0.05, 0.1) is 6.61 Å². The first kappa shape index (κ1) is 15.3. The molecule has 1 aliphatic rings. The van der Waals surface area contributed by atoms with Crippen molar-refractivity contribution in [2.75, 3.05) is 6.61 Å². The fraction of sp³-hybridized carbons (Fsp3) is 0.579. The molecule has 1 nitrogen and oxygen atoms in total. The summed E-state index contributed by atoms with van der Waals surface area (Å²) in [6.45, 7) is 8.68. The summed E-state index contributed by atoms with van der Waals surface area (Å²) >= 11 is 0. The van der Waals surface area contributed by atoms with Gasteiger partial charge in [-0.15, -0.1) is 0 Å². The molecule has 0 amide bonds. The SMILES string of the molecule is C[C@H]([C@@H](C)COCc1ccccc1)[C@]1(C)C=CCCC1. The zero-order valence-corrected chi connectivity index (χ0v) is 13.1. The first-order valence-electron chi connectivity index (χ1n) is 7.91. The predicted octanol–water partition coefficient (Wildman–Crippen LogP) is 5.22. The second-order valence-electron chi connectivity index (χ2n) is 6.57. The van der Waals surface area contributed by atoms with Crippen LogP contribution < -0.4 is 0 Å². The lowest BCUT2D eigenvalue weighted by Crippen LogP contribution is -2.31. The van der Waals surface area contributed by atoms with Crippen LogP contribution >= 0.6 is 0 Å². The molecule has 0 fully saturated rings. The average Bonchev–Trinajstić information content (AvgIpc) is 2.48. The third-order valence-electron chi connectivity index (χ3n) is 4.97. The van der Waals surface area contributed by atoms with Crippen molar-refractivity contribution in [1.82, 2.24) is 0 Å². The normalized spacial score (nSPS) is 25.4. The Balaban J connectivity index is 1.80. The van der Waals surface area contributed by atoms with Gasteiger partial charge in [0.2, 0.25) is 0 Å². The molecule has 0 aliphatic heterocycles. The molecule has 3 atom stereocenters. The quantitative estimate of drug-likeness (QED) is 0.645. The zero-order valence-electron chi connectivity index (χ0n) is 13.1. The Bertz CT molecular complexity index is 423. The third kappa shape index (κ3) is 3.96. The molecule has 110 valence electrons. The first-order chi connectivity index (χ1) is 9.62. The minimum atomic E-state index is 0.355. The molecule has 0 saturated heterocycles. The van der Waals surface area contributed by atoms with Crippen molar-refractivity contribution in [3.8, 4) is 0 Å². The van der Waals surface area contributed by atoms with Gasteiger partial charge >= 0.3 is 0 Å². The highest BCUT2D eigenvalue weighted by molar-refractivity contribution is 5.13. The fourth-order valence-electron chi connectivity index (χ4n) is 3.15. The maximum absolute atomic E-state index is 5.91. The smallest absolute Gasteiger partial charge is 0.0717 e. The maximum atomic E-state index is 5.91. The van der Waals surface area contributed by atoms with E-state index in [9.17, 15) is 0 Å². The molecule has 0 aromatic heterocycles. The Hall–Kier alpha value is -1.08. The minimum absolute atomic E-state index is 0.355. The summed E-state index contributed by atoms with van der Waals surface area (Å²) in [5.74, 6) is 1.25. The van der Waals surface area contributed by atoms with Crippen molar-refractivity contribution in [1.29, 1.82) is 0 Å². The van der Waals surface area contributed by atoms with Crippen LogP contribution in [0.15, 0.2) is 42.5 Å². The lowest BCUT2D eigenvalue weighted by molar-refractivity contribution is 0.0486. The van der Waals surface area contributed by atoms with Crippen LogP contribution in [0.5, 0.6) is 0 Å². The van der Waals surface area contributed by atoms with E-state index in [1.807, 2.05) is 6.07 Å². The molecule has 1 aliphatic carbocycles. The number of benzene rings is 1. The van der Waals surface area contributed by atoms with E-state index in [1.165, 1.54) is 24.8 Å². The van der Waals surface area contributed by atoms with Gasteiger partial charge in [-0.1, -0.05) is 63.3 Å². The Morgan fingerprint density at radius 3 is 2.60 bits per heavy atom. The summed E-state index contributed by atoms with van der Waals surface area (Å²) in [5, 5.41) is 0. The van der Waals surface area contributed by atoms with Crippen LogP contribution in [0.4, 0.5) is 0 Å². The van der Waals surface area contributed by atoms with Crippen molar-refractivity contribution in [3.63, 3.8) is 0 Å². The van der Waals surface area contributed by atoms with Crippen LogP contribution in [0.2, 0.25) is 0 Å². The lowest BCUT2D eigenvalue weighted by Gasteiger charge is -2.38. The topological polar surface area (TPSA) is 9.23 Å². The molecule has 1 aromatic rings. The molecule has 0 bridgehead atoms. The second kappa shape index (κ2) is 7.08. The van der Waals surface area contributed by atoms with E-state index in [0.29, 0.717) is 17.3 Å². The Morgan fingerprint density at radius 1 is 1.20 bits per heavy atom. The molecule has 0 N–H and O–H groups in total. The van der Waals surface area contributed by atoms with Crippen LogP contribution in [0.25, 0.3) is 0 Å². The molecule has 0 spiro atoms. The molecule has 20 heavy (non-hydrogen) atoms. The molecule has 1 aromatic carbocycles. The Morgan fingerprint density at radius 2 is 1.95 bits per heavy atom. The summed E-state index contributed by atoms with van der Waals surface area (Å²) in [4.78, 5) is 0. The van der Waals surface area contributed by atoms with Crippen LogP contribution in [0, 0.1) is 17.3 Å². The highest BCUT2D eigenvalue weighted by Gasteiger charge is 2.32. The highest BCUT2D eigenvalue weighted by atomic mass is 16.5. The van der Waals surface area contributed by atoms with Crippen molar-refractivity contribution >= 4 is 0 Å². The molecule has 2 rings (SSSR count). The largest absolute Gasteiger partial charge is 0.376 e. The van der Waals surface area contributed by atoms with Crippen LogP contribution in [-0.2, 0) is 11.3 Å². The summed E-state index contributed by atoms with van der Waals surface area (Å²) in [5.41, 5.74) is 1.62. The van der Waals surface area contributed by atoms with Gasteiger partial charge in [-0.25, -0.2) is 0 Å². The second-order valence-corrected chi connectivity index (χ2v) is 6.57. The van der Waals surface area contributed by atoms with E-state index in [4.69, 9.17) is 4.74 Å². The highest BCUT2D eigenvalue weighted by Crippen LogP contribution is 2.41. The number of ether oxygens (including phenoxy) is 1. The standard InChI is InChI=1S/C19H28O/c1-16(14-20-15-18-10-6-4-7-11-18)17(2)19(3)12-8-5-9-13-19/h4,6-8,10-12,16-17H,5,9,13-15H2,1-3H3/t16-,17+,19+/m0/s1. The van der Waals surface area contributed by atoms with E-state index in [1.54, 1.807) is 0 Å². The van der Waals surface area contributed by atoms with Gasteiger partial charge in [-0.2, -0.15) is 0 Å². The van der Waals surface area contributed by atoms with E-state index in [2.05, 4.69) is 57.2 Å². The lowest BCUT2D eigenvalue weighted by atomic mass is 9.67. The van der Waals surface area contributed by atoms with Gasteiger partial charge in [0.15, 0.2) is 0 Å². The number of hydrogen-bond donors (Lipinski definition) is 0. The molecule has 0 saturated carbocycles. The minimum Gasteiger partial charge on any atom is -0.376 e. The first-order valence-corrected chi connectivity index (χ1v) is 7.91. The molecular formula is C19H28O. The van der Waals surface area contributed by atoms with Crippen molar-refractivity contribution in [2.24, 2.45) is 17.3 Å². The van der Waals surface area contributed by atoms with Gasteiger partial charge in [0.1, 0.15) is 0 Å². The van der Waals surface area contributed by atoms with Crippen LogP contribution in [-0.4, -0.2) is 6.61 Å². The average molecular weight is 272 g/mol. The monoisotopic (exact) mass is 272 g/mol.